The standard InChI is InChI=1S/C18H19N9O4S2/c19-32(28,29)17-14(33(30,31)26-10-6-7-20-8-10)5-4-11(15(17)18-21-9-22-25-18)12-2-1-3-13-16(12)24-27-23-13/h1-5,10,20,26H,6-9H2,(H2,19,28,29)(H,23,24,27)/t10-/m1/s1. The molecule has 0 amide bonds. The molecule has 172 valence electrons. The zero-order chi connectivity index (χ0) is 23.2. The van der Waals surface area contributed by atoms with Gasteiger partial charge in [0.15, 0.2) is 12.5 Å². The van der Waals surface area contributed by atoms with Crippen molar-refractivity contribution in [3.8, 4) is 11.1 Å². The Morgan fingerprint density at radius 3 is 2.61 bits per heavy atom. The van der Waals surface area contributed by atoms with Gasteiger partial charge < -0.3 is 5.32 Å². The summed E-state index contributed by atoms with van der Waals surface area (Å²) in [6.45, 7) is 1.07. The van der Waals surface area contributed by atoms with Crippen LogP contribution in [0.15, 0.2) is 55.3 Å². The first-order valence-electron chi connectivity index (χ1n) is 9.91. The topological polar surface area (TPSA) is 197 Å². The zero-order valence-corrected chi connectivity index (χ0v) is 18.7. The number of para-hydroxylation sites is 1. The van der Waals surface area contributed by atoms with E-state index in [0.717, 1.165) is 0 Å². The minimum Gasteiger partial charge on any atom is -0.315 e. The maximum atomic E-state index is 13.3. The Balaban J connectivity index is 1.81. The highest BCUT2D eigenvalue weighted by molar-refractivity contribution is 7.92. The number of aromatic nitrogens is 3. The number of amidine groups is 1. The number of aromatic amines is 1. The number of sulfonamides is 2. The van der Waals surface area contributed by atoms with Crippen LogP contribution in [0.25, 0.3) is 22.2 Å². The van der Waals surface area contributed by atoms with Gasteiger partial charge in [0.2, 0.25) is 20.0 Å². The number of rotatable bonds is 6. The molecule has 33 heavy (non-hydrogen) atoms. The predicted molar refractivity (Wildman–Crippen MR) is 119 cm³/mol. The van der Waals surface area contributed by atoms with Crippen LogP contribution in [0.3, 0.4) is 0 Å². The van der Waals surface area contributed by atoms with Gasteiger partial charge in [0.05, 0.1) is 5.56 Å². The molecule has 5 rings (SSSR count). The number of nitrogens with zero attached hydrogens (tertiary/aromatic N) is 5. The van der Waals surface area contributed by atoms with E-state index in [-0.39, 0.29) is 24.1 Å². The van der Waals surface area contributed by atoms with Crippen LogP contribution in [-0.2, 0) is 20.0 Å². The molecule has 1 fully saturated rings. The van der Waals surface area contributed by atoms with E-state index >= 15 is 0 Å². The first-order chi connectivity index (χ1) is 15.8. The molecule has 0 aliphatic carbocycles. The minimum atomic E-state index is -4.55. The second-order valence-electron chi connectivity index (χ2n) is 7.53. The highest BCUT2D eigenvalue weighted by Gasteiger charge is 2.34. The lowest BCUT2D eigenvalue weighted by Gasteiger charge is -2.18. The third-order valence-electron chi connectivity index (χ3n) is 5.39. The number of H-pyrrole nitrogens is 1. The number of fused-ring (bicyclic) bond motifs is 1. The third-order valence-corrected chi connectivity index (χ3v) is 8.07. The van der Waals surface area contributed by atoms with Gasteiger partial charge in [-0.1, -0.05) is 18.2 Å². The number of nitrogens with one attached hydrogen (secondary N) is 3. The molecule has 1 aromatic heterocycles. The molecule has 0 saturated carbocycles. The van der Waals surface area contributed by atoms with Crippen molar-refractivity contribution in [3.63, 3.8) is 0 Å². The molecule has 5 N–H and O–H groups in total. The van der Waals surface area contributed by atoms with E-state index in [0.29, 0.717) is 41.7 Å². The van der Waals surface area contributed by atoms with Crippen LogP contribution in [0.4, 0.5) is 0 Å². The maximum Gasteiger partial charge on any atom is 0.242 e. The molecule has 2 aromatic carbocycles. The summed E-state index contributed by atoms with van der Waals surface area (Å²) in [7, 11) is -8.80. The summed E-state index contributed by atoms with van der Waals surface area (Å²) in [5, 5.41) is 27.1. The van der Waals surface area contributed by atoms with Crippen molar-refractivity contribution in [2.45, 2.75) is 22.3 Å². The van der Waals surface area contributed by atoms with Crippen LogP contribution >= 0.6 is 0 Å². The summed E-state index contributed by atoms with van der Waals surface area (Å²) in [4.78, 5) is 3.08. The van der Waals surface area contributed by atoms with Crippen molar-refractivity contribution < 1.29 is 16.8 Å². The van der Waals surface area contributed by atoms with Crippen molar-refractivity contribution in [3.05, 3.63) is 35.9 Å². The van der Waals surface area contributed by atoms with Crippen molar-refractivity contribution in [2.24, 2.45) is 20.4 Å². The Hall–Kier alpha value is -3.11. The van der Waals surface area contributed by atoms with Crippen molar-refractivity contribution >= 4 is 36.9 Å². The fraction of sp³-hybridized carbons (Fsp3) is 0.278. The van der Waals surface area contributed by atoms with Crippen molar-refractivity contribution in [2.75, 3.05) is 19.8 Å². The Bertz CT molecular complexity index is 1520. The highest BCUT2D eigenvalue weighted by atomic mass is 32.2. The maximum absolute atomic E-state index is 13.3. The summed E-state index contributed by atoms with van der Waals surface area (Å²) in [6.07, 6.45) is 0.573. The molecule has 2 aliphatic heterocycles. The Kier molecular flexibility index (Phi) is 5.29. The molecule has 2 aliphatic rings. The molecule has 1 saturated heterocycles. The van der Waals surface area contributed by atoms with Gasteiger partial charge >= 0.3 is 0 Å². The number of hydrogen-bond acceptors (Lipinski definition) is 10. The number of azo groups is 1. The van der Waals surface area contributed by atoms with Gasteiger partial charge in [0.25, 0.3) is 0 Å². The van der Waals surface area contributed by atoms with E-state index in [1.54, 1.807) is 18.2 Å². The second kappa shape index (κ2) is 8.03. The molecule has 3 aromatic rings. The average Bonchev–Trinajstić information content (AvgIpc) is 3.53. The Morgan fingerprint density at radius 2 is 1.91 bits per heavy atom. The van der Waals surface area contributed by atoms with E-state index in [1.165, 1.54) is 12.1 Å². The number of hydrogen-bond donors (Lipinski definition) is 4. The first kappa shape index (κ1) is 21.7. The van der Waals surface area contributed by atoms with Crippen LogP contribution in [0.2, 0.25) is 0 Å². The van der Waals surface area contributed by atoms with Gasteiger partial charge in [0, 0.05) is 18.2 Å². The molecule has 0 radical (unpaired) electrons. The lowest BCUT2D eigenvalue weighted by atomic mass is 9.97. The van der Waals surface area contributed by atoms with E-state index in [9.17, 15) is 16.8 Å². The van der Waals surface area contributed by atoms with Crippen LogP contribution in [-0.4, -0.2) is 63.9 Å². The summed E-state index contributed by atoms with van der Waals surface area (Å²) in [5.41, 5.74) is 1.78. The SMILES string of the molecule is NS(=O)(=O)c1c(S(=O)(=O)N[C@@H]2CCNC2)ccc(-c2cccc3n[nH]nc23)c1C1=NCN=N1. The lowest BCUT2D eigenvalue weighted by Crippen LogP contribution is -2.37. The molecular weight excluding hydrogens is 470 g/mol. The third kappa shape index (κ3) is 3.93. The summed E-state index contributed by atoms with van der Waals surface area (Å²) in [5.74, 6) is -0.0332. The molecule has 15 heteroatoms. The zero-order valence-electron chi connectivity index (χ0n) is 17.1. The monoisotopic (exact) mass is 489 g/mol. The van der Waals surface area contributed by atoms with Gasteiger partial charge in [-0.15, -0.1) is 5.11 Å². The number of aliphatic imine (C=N–C) groups is 1. The van der Waals surface area contributed by atoms with Crippen LogP contribution in [0.1, 0.15) is 12.0 Å². The van der Waals surface area contributed by atoms with E-state index in [2.05, 4.69) is 40.7 Å². The van der Waals surface area contributed by atoms with Crippen LogP contribution < -0.4 is 15.2 Å². The molecule has 0 spiro atoms. The predicted octanol–water partition coefficient (Wildman–Crippen LogP) is 0.0824. The summed E-state index contributed by atoms with van der Waals surface area (Å²) >= 11 is 0. The molecule has 0 bridgehead atoms. The molecular formula is C18H19N9O4S2. The molecule has 1 atom stereocenters. The van der Waals surface area contributed by atoms with Gasteiger partial charge in [-0.3, -0.25) is 0 Å². The lowest BCUT2D eigenvalue weighted by molar-refractivity contribution is 0.555. The normalized spacial score (nSPS) is 18.8. The summed E-state index contributed by atoms with van der Waals surface area (Å²) in [6, 6.07) is 7.49. The van der Waals surface area contributed by atoms with Gasteiger partial charge in [-0.05, 0) is 30.7 Å². The fourth-order valence-electron chi connectivity index (χ4n) is 3.99. The number of nitrogens with two attached hydrogens (primary N) is 1. The Morgan fingerprint density at radius 1 is 1.06 bits per heavy atom. The fourth-order valence-corrected chi connectivity index (χ4v) is 6.86. The van der Waals surface area contributed by atoms with Crippen LogP contribution in [0, 0.1) is 0 Å². The van der Waals surface area contributed by atoms with Gasteiger partial charge in [-0.25, -0.2) is 31.7 Å². The smallest absolute Gasteiger partial charge is 0.242 e. The largest absolute Gasteiger partial charge is 0.315 e. The van der Waals surface area contributed by atoms with Crippen molar-refractivity contribution in [1.82, 2.24) is 25.4 Å². The minimum absolute atomic E-state index is 0.0179. The summed E-state index contributed by atoms with van der Waals surface area (Å²) < 4.78 is 54.7. The van der Waals surface area contributed by atoms with E-state index in [1.807, 2.05) is 0 Å². The van der Waals surface area contributed by atoms with Crippen molar-refractivity contribution in [1.29, 1.82) is 0 Å². The van der Waals surface area contributed by atoms with E-state index < -0.39 is 29.8 Å². The van der Waals surface area contributed by atoms with E-state index in [4.69, 9.17) is 5.14 Å². The molecule has 13 nitrogen and oxygen atoms in total. The van der Waals surface area contributed by atoms with Gasteiger partial charge in [0.1, 0.15) is 20.8 Å². The number of primary sulfonamides is 1. The first-order valence-corrected chi connectivity index (χ1v) is 12.9. The second-order valence-corrected chi connectivity index (χ2v) is 10.7. The average molecular weight is 490 g/mol. The molecule has 3 heterocycles. The molecule has 0 unspecified atom stereocenters. The quantitative estimate of drug-likeness (QED) is 0.376. The Labute approximate surface area is 188 Å². The van der Waals surface area contributed by atoms with Gasteiger partial charge in [-0.2, -0.15) is 20.5 Å². The highest BCUT2D eigenvalue weighted by Crippen LogP contribution is 2.37. The van der Waals surface area contributed by atoms with Crippen LogP contribution in [0.5, 0.6) is 0 Å². The number of benzene rings is 2.